The maximum absolute atomic E-state index is 12.9. The average Bonchev–Trinajstić information content (AvgIpc) is 2.68. The molecule has 3 aromatic rings. The van der Waals surface area contributed by atoms with E-state index >= 15 is 0 Å². The van der Waals surface area contributed by atoms with Gasteiger partial charge >= 0.3 is 17.7 Å². The van der Waals surface area contributed by atoms with Crippen molar-refractivity contribution in [3.05, 3.63) is 52.4 Å². The normalized spacial score (nSPS) is 12.7. The number of alkyl carbamates (subject to hydrolysis) is 1. The van der Waals surface area contributed by atoms with Gasteiger partial charge in [-0.1, -0.05) is 32.0 Å². The Hall–Kier alpha value is -3.35. The molecule has 0 aliphatic rings. The number of carbonyl (C=O) groups is 2. The summed E-state index contributed by atoms with van der Waals surface area (Å²) >= 11 is 0. The second-order valence-electron chi connectivity index (χ2n) is 9.25. The van der Waals surface area contributed by atoms with E-state index in [1.165, 1.54) is 0 Å². The first-order valence-corrected chi connectivity index (χ1v) is 10.6. The van der Waals surface area contributed by atoms with Crippen LogP contribution in [0.3, 0.4) is 0 Å². The van der Waals surface area contributed by atoms with Crippen LogP contribution in [0, 0.1) is 12.8 Å². The zero-order valence-electron chi connectivity index (χ0n) is 19.3. The van der Waals surface area contributed by atoms with Gasteiger partial charge in [-0.2, -0.15) is 0 Å². The van der Waals surface area contributed by atoms with Gasteiger partial charge in [-0.05, 0) is 63.6 Å². The minimum Gasteiger partial charge on any atom is -0.444 e. The summed E-state index contributed by atoms with van der Waals surface area (Å²) in [4.78, 5) is 37.6. The Morgan fingerprint density at radius 3 is 2.31 bits per heavy atom. The summed E-state index contributed by atoms with van der Waals surface area (Å²) < 4.78 is 16.4. The average molecular weight is 440 g/mol. The monoisotopic (exact) mass is 439 g/mol. The van der Waals surface area contributed by atoms with Crippen molar-refractivity contribution < 1.29 is 23.5 Å². The predicted octanol–water partition coefficient (Wildman–Crippen LogP) is 5.10. The largest absolute Gasteiger partial charge is 0.444 e. The van der Waals surface area contributed by atoms with Crippen molar-refractivity contribution in [2.75, 3.05) is 0 Å². The second-order valence-corrected chi connectivity index (χ2v) is 9.25. The van der Waals surface area contributed by atoms with E-state index in [1.54, 1.807) is 52.0 Å². The molecule has 0 unspecified atom stereocenters. The number of amides is 1. The molecular formula is C25H29NO6. The topological polar surface area (TPSA) is 94.8 Å². The fourth-order valence-electron chi connectivity index (χ4n) is 3.49. The van der Waals surface area contributed by atoms with E-state index in [4.69, 9.17) is 13.9 Å². The smallest absolute Gasteiger partial charge is 0.408 e. The Labute approximate surface area is 186 Å². The van der Waals surface area contributed by atoms with Crippen LogP contribution in [-0.4, -0.2) is 23.7 Å². The fourth-order valence-corrected chi connectivity index (χ4v) is 3.49. The van der Waals surface area contributed by atoms with E-state index in [0.29, 0.717) is 23.0 Å². The number of hydrogen-bond donors (Lipinski definition) is 1. The van der Waals surface area contributed by atoms with E-state index in [-0.39, 0.29) is 11.7 Å². The third-order valence-electron chi connectivity index (χ3n) is 4.88. The Morgan fingerprint density at radius 2 is 1.69 bits per heavy atom. The summed E-state index contributed by atoms with van der Waals surface area (Å²) in [5.74, 6) is -0.222. The Bertz CT molecular complexity index is 1220. The third-order valence-corrected chi connectivity index (χ3v) is 4.88. The lowest BCUT2D eigenvalue weighted by atomic mass is 10.0. The van der Waals surface area contributed by atoms with Gasteiger partial charge in [0.2, 0.25) is 0 Å². The number of benzene rings is 2. The summed E-state index contributed by atoms with van der Waals surface area (Å²) in [7, 11) is 0. The molecule has 7 heteroatoms. The molecule has 1 heterocycles. The van der Waals surface area contributed by atoms with Crippen LogP contribution in [0.25, 0.3) is 21.7 Å². The zero-order chi connectivity index (χ0) is 23.6. The van der Waals surface area contributed by atoms with Crippen LogP contribution in [0.1, 0.15) is 46.6 Å². The van der Waals surface area contributed by atoms with E-state index in [9.17, 15) is 14.4 Å². The molecule has 2 aromatic carbocycles. The molecule has 1 aromatic heterocycles. The number of carbonyl (C=O) groups excluding carboxylic acids is 2. The first-order chi connectivity index (χ1) is 15.0. The number of rotatable bonds is 5. The predicted molar refractivity (Wildman–Crippen MR) is 123 cm³/mol. The summed E-state index contributed by atoms with van der Waals surface area (Å²) in [6, 6.07) is 9.73. The van der Waals surface area contributed by atoms with Gasteiger partial charge in [-0.3, -0.25) is 0 Å². The van der Waals surface area contributed by atoms with E-state index in [0.717, 1.165) is 10.8 Å². The second kappa shape index (κ2) is 9.02. The molecule has 0 saturated carbocycles. The maximum Gasteiger partial charge on any atom is 0.408 e. The van der Waals surface area contributed by atoms with E-state index in [2.05, 4.69) is 5.32 Å². The molecule has 0 spiro atoms. The van der Waals surface area contributed by atoms with Gasteiger partial charge in [-0.25, -0.2) is 14.4 Å². The van der Waals surface area contributed by atoms with Gasteiger partial charge in [0, 0.05) is 10.9 Å². The number of fused-ring (bicyclic) bond motifs is 3. The van der Waals surface area contributed by atoms with Crippen LogP contribution >= 0.6 is 0 Å². The van der Waals surface area contributed by atoms with Crippen LogP contribution in [0.15, 0.2) is 45.6 Å². The van der Waals surface area contributed by atoms with Gasteiger partial charge < -0.3 is 19.2 Å². The molecule has 1 amide bonds. The minimum atomic E-state index is -0.886. The number of hydrogen-bond acceptors (Lipinski definition) is 6. The highest BCUT2D eigenvalue weighted by molar-refractivity contribution is 6.05. The van der Waals surface area contributed by atoms with Crippen LogP contribution in [0.5, 0.6) is 5.75 Å². The SMILES string of the molecule is Cc1c(OC(=O)[C@H](CC(C)C)NC(=O)OC(C)(C)C)ccc2c1oc(=O)c1ccccc12. The molecule has 32 heavy (non-hydrogen) atoms. The van der Waals surface area contributed by atoms with Gasteiger partial charge in [-0.15, -0.1) is 0 Å². The molecule has 0 aliphatic heterocycles. The molecule has 7 nitrogen and oxygen atoms in total. The van der Waals surface area contributed by atoms with Gasteiger partial charge in [0.1, 0.15) is 23.0 Å². The van der Waals surface area contributed by atoms with Crippen molar-refractivity contribution in [2.24, 2.45) is 5.92 Å². The number of esters is 1. The van der Waals surface area contributed by atoms with Gasteiger partial charge in [0.25, 0.3) is 0 Å². The van der Waals surface area contributed by atoms with Gasteiger partial charge in [0.05, 0.1) is 5.39 Å². The Kier molecular flexibility index (Phi) is 6.57. The highest BCUT2D eigenvalue weighted by atomic mass is 16.6. The summed E-state index contributed by atoms with van der Waals surface area (Å²) in [6.45, 7) is 10.9. The highest BCUT2D eigenvalue weighted by Gasteiger charge is 2.27. The maximum atomic E-state index is 12.9. The molecule has 0 fully saturated rings. The van der Waals surface area contributed by atoms with Crippen LogP contribution in [-0.2, 0) is 9.53 Å². The van der Waals surface area contributed by atoms with Crippen molar-refractivity contribution in [1.82, 2.24) is 5.32 Å². The summed E-state index contributed by atoms with van der Waals surface area (Å²) in [5, 5.41) is 4.61. The standard InChI is InChI=1S/C25H29NO6/c1-14(2)13-19(26-24(29)32-25(4,5)6)23(28)30-20-12-11-17-16-9-7-8-10-18(16)22(27)31-21(17)15(20)3/h7-12,14,19H,13H2,1-6H3,(H,26,29)/t19-/m0/s1. The van der Waals surface area contributed by atoms with Gasteiger partial charge in [0.15, 0.2) is 0 Å². The van der Waals surface area contributed by atoms with Crippen LogP contribution < -0.4 is 15.7 Å². The minimum absolute atomic E-state index is 0.129. The van der Waals surface area contributed by atoms with Crippen molar-refractivity contribution in [2.45, 2.75) is 59.6 Å². The van der Waals surface area contributed by atoms with Crippen molar-refractivity contribution in [3.63, 3.8) is 0 Å². The van der Waals surface area contributed by atoms with E-state index < -0.39 is 29.3 Å². The van der Waals surface area contributed by atoms with Crippen LogP contribution in [0.4, 0.5) is 4.79 Å². The lowest BCUT2D eigenvalue weighted by molar-refractivity contribution is -0.137. The van der Waals surface area contributed by atoms with Crippen molar-refractivity contribution in [3.8, 4) is 5.75 Å². The fraction of sp³-hybridized carbons (Fsp3) is 0.400. The molecular weight excluding hydrogens is 410 g/mol. The molecule has 1 N–H and O–H groups in total. The summed E-state index contributed by atoms with van der Waals surface area (Å²) in [6.07, 6.45) is -0.308. The molecule has 1 atom stereocenters. The third kappa shape index (κ3) is 5.28. The Balaban J connectivity index is 1.91. The lowest BCUT2D eigenvalue weighted by Crippen LogP contribution is -2.45. The quantitative estimate of drug-likeness (QED) is 0.257. The molecule has 0 aliphatic carbocycles. The number of aryl methyl sites for hydroxylation is 1. The number of ether oxygens (including phenoxy) is 2. The highest BCUT2D eigenvalue weighted by Crippen LogP contribution is 2.31. The molecule has 170 valence electrons. The van der Waals surface area contributed by atoms with Crippen LogP contribution in [0.2, 0.25) is 0 Å². The van der Waals surface area contributed by atoms with E-state index in [1.807, 2.05) is 26.0 Å². The first-order valence-electron chi connectivity index (χ1n) is 10.6. The lowest BCUT2D eigenvalue weighted by Gasteiger charge is -2.24. The molecule has 0 radical (unpaired) electrons. The zero-order valence-corrected chi connectivity index (χ0v) is 19.3. The van der Waals surface area contributed by atoms with Crippen molar-refractivity contribution in [1.29, 1.82) is 0 Å². The number of nitrogens with one attached hydrogen (secondary N) is 1. The first kappa shape index (κ1) is 23.3. The molecule has 0 saturated heterocycles. The molecule has 0 bridgehead atoms. The van der Waals surface area contributed by atoms with Crippen molar-refractivity contribution >= 4 is 33.8 Å². The summed E-state index contributed by atoms with van der Waals surface area (Å²) in [5.41, 5.74) is -0.256. The molecule has 3 rings (SSSR count). The Morgan fingerprint density at radius 1 is 1.03 bits per heavy atom.